The summed E-state index contributed by atoms with van der Waals surface area (Å²) in [6, 6.07) is -1.29. The van der Waals surface area contributed by atoms with Crippen LogP contribution in [0.15, 0.2) is 79.9 Å². The predicted octanol–water partition coefficient (Wildman–Crippen LogP) is 5.84. The normalized spacial score (nSPS) is 23.1. The minimum atomic E-state index is -1.11. The standard InChI is InChI=1S/2C28H32F2N6O5S/c2*1-14-15(6-7-16(29)20(14)30)21-19(26(39)41-5)17(32-23(33-21)24-31-8-11-42-24)12-34-9-10-35-18(22(34)25(37)38)13-36(27(35)40)28(2,3)4/h2*6-8,11,18,21-22H,9-10,12-13H2,1-5H3,(H,32,33)(H,37,38)/t18-,21+,22+;18-,21-,22+/m10/s1. The molecular formula is C56H64F4N12O10S2. The van der Waals surface area contributed by atoms with Crippen molar-refractivity contribution in [2.75, 3.05) is 66.6 Å². The van der Waals surface area contributed by atoms with Gasteiger partial charge in [0.05, 0.1) is 37.4 Å². The van der Waals surface area contributed by atoms with E-state index in [-0.39, 0.29) is 84.7 Å². The van der Waals surface area contributed by atoms with Gasteiger partial charge in [-0.15, -0.1) is 22.7 Å². The van der Waals surface area contributed by atoms with Crippen molar-refractivity contribution in [3.63, 3.8) is 0 Å². The number of amides is 4. The molecule has 0 spiro atoms. The van der Waals surface area contributed by atoms with Crippen molar-refractivity contribution >= 4 is 70.3 Å². The molecule has 6 aliphatic rings. The number of carbonyl (C=O) groups is 6. The van der Waals surface area contributed by atoms with E-state index in [2.05, 4.69) is 30.6 Å². The number of aliphatic imine (C=N–C) groups is 2. The Bertz CT molecular complexity index is 3200. The molecule has 4 fully saturated rings. The number of fused-ring (bicyclic) bond motifs is 2. The lowest BCUT2D eigenvalue weighted by Gasteiger charge is -2.42. The Morgan fingerprint density at radius 1 is 0.619 bits per heavy atom. The topological polar surface area (TPSA) is 255 Å². The molecule has 0 aliphatic carbocycles. The maximum Gasteiger partial charge on any atom is 0.338 e. The maximum atomic E-state index is 14.7. The van der Waals surface area contributed by atoms with Crippen LogP contribution in [0.1, 0.15) is 85.9 Å². The molecule has 0 unspecified atom stereocenters. The minimum Gasteiger partial charge on any atom is -0.480 e. The number of rotatable bonds is 12. The predicted molar refractivity (Wildman–Crippen MR) is 300 cm³/mol. The highest BCUT2D eigenvalue weighted by Gasteiger charge is 2.54. The average Bonchev–Trinajstić information content (AvgIpc) is 2.00. The Labute approximate surface area is 489 Å². The van der Waals surface area contributed by atoms with Crippen LogP contribution in [0.5, 0.6) is 0 Å². The number of methoxy groups -OCH3 is 2. The Balaban J connectivity index is 0.000000202. The van der Waals surface area contributed by atoms with Crippen molar-refractivity contribution in [2.24, 2.45) is 9.98 Å². The molecule has 4 aromatic rings. The number of piperazine rings is 2. The van der Waals surface area contributed by atoms with Crippen LogP contribution in [0.2, 0.25) is 0 Å². The fourth-order valence-corrected chi connectivity index (χ4v) is 12.7. The van der Waals surface area contributed by atoms with Gasteiger partial charge in [-0.1, -0.05) is 12.1 Å². The Morgan fingerprint density at radius 3 is 1.30 bits per heavy atom. The summed E-state index contributed by atoms with van der Waals surface area (Å²) >= 11 is 2.57. The summed E-state index contributed by atoms with van der Waals surface area (Å²) in [4.78, 5) is 106. The molecule has 0 bridgehead atoms. The van der Waals surface area contributed by atoms with Crippen molar-refractivity contribution < 1.29 is 66.0 Å². The highest BCUT2D eigenvalue weighted by Crippen LogP contribution is 2.40. The molecular weight excluding hydrogens is 1140 g/mol. The summed E-state index contributed by atoms with van der Waals surface area (Å²) in [6.07, 6.45) is 3.16. The first-order chi connectivity index (χ1) is 39.7. The third-order valence-electron chi connectivity index (χ3n) is 15.8. The second-order valence-corrected chi connectivity index (χ2v) is 24.5. The number of aliphatic carboxylic acids is 2. The van der Waals surface area contributed by atoms with E-state index in [0.717, 1.165) is 12.1 Å². The number of esters is 2. The number of hydrogen-bond acceptors (Lipinski definition) is 18. The van der Waals surface area contributed by atoms with Crippen LogP contribution >= 0.6 is 22.7 Å². The third-order valence-corrected chi connectivity index (χ3v) is 17.4. The molecule has 28 heteroatoms. The highest BCUT2D eigenvalue weighted by molar-refractivity contribution is 7.12. The number of benzene rings is 2. The van der Waals surface area contributed by atoms with Crippen LogP contribution in [-0.2, 0) is 28.7 Å². The first-order valence-electron chi connectivity index (χ1n) is 26.8. The van der Waals surface area contributed by atoms with Crippen LogP contribution < -0.4 is 10.6 Å². The second-order valence-electron chi connectivity index (χ2n) is 22.8. The molecule has 0 radical (unpaired) electrons. The summed E-state index contributed by atoms with van der Waals surface area (Å²) in [5.74, 6) is -7.31. The number of thiazole rings is 2. The zero-order chi connectivity index (χ0) is 61.0. The first kappa shape index (κ1) is 60.8. The maximum absolute atomic E-state index is 14.7. The van der Waals surface area contributed by atoms with E-state index in [0.29, 0.717) is 46.2 Å². The van der Waals surface area contributed by atoms with E-state index >= 15 is 0 Å². The van der Waals surface area contributed by atoms with E-state index in [1.165, 1.54) is 62.9 Å². The molecule has 22 nitrogen and oxygen atoms in total. The number of nitrogens with one attached hydrogen (secondary N) is 2. The van der Waals surface area contributed by atoms with Crippen LogP contribution in [0.4, 0.5) is 27.2 Å². The molecule has 84 heavy (non-hydrogen) atoms. The van der Waals surface area contributed by atoms with Crippen molar-refractivity contribution in [1.82, 2.24) is 50.0 Å². The van der Waals surface area contributed by atoms with E-state index in [1.54, 1.807) is 52.6 Å². The SMILES string of the molecule is COC(=O)C1=C(CN2CCN3C(=O)N(C(C)(C)C)C[C@@H]3[C@H]2C(=O)O)NC(c2nccs2)=N[C@H]1c1ccc(F)c(F)c1C.COC(=O)C1=C(CN2CCN3C(=O)N(C(C)(C)C)C[C@H]3[C@@H]2C(=O)O)NC(c2nccs2)=N[C@H]1c1ccc(F)c(F)c1C. The van der Waals surface area contributed by atoms with Gasteiger partial charge in [-0.3, -0.25) is 29.4 Å². The zero-order valence-corrected chi connectivity index (χ0v) is 49.3. The summed E-state index contributed by atoms with van der Waals surface area (Å²) in [7, 11) is 2.40. The van der Waals surface area contributed by atoms with E-state index in [4.69, 9.17) is 9.47 Å². The molecule has 2 aromatic carbocycles. The van der Waals surface area contributed by atoms with Gasteiger partial charge < -0.3 is 49.9 Å². The summed E-state index contributed by atoms with van der Waals surface area (Å²) in [6.45, 7) is 15.6. The van der Waals surface area contributed by atoms with Gasteiger partial charge in [0.25, 0.3) is 0 Å². The number of carboxylic acids is 2. The van der Waals surface area contributed by atoms with Crippen molar-refractivity contribution in [3.8, 4) is 0 Å². The lowest BCUT2D eigenvalue weighted by atomic mass is 9.91. The molecule has 2 aromatic heterocycles. The van der Waals surface area contributed by atoms with Gasteiger partial charge in [0, 0.05) is 98.0 Å². The van der Waals surface area contributed by atoms with Gasteiger partial charge in [0.1, 0.15) is 24.2 Å². The number of carboxylic acid groups (broad SMARTS) is 2. The fourth-order valence-electron chi connectivity index (χ4n) is 11.6. The molecule has 4 amide bonds. The number of urea groups is 2. The van der Waals surface area contributed by atoms with Gasteiger partial charge in [-0.25, -0.2) is 46.7 Å². The van der Waals surface area contributed by atoms with Crippen molar-refractivity contribution in [2.45, 2.75) is 103 Å². The van der Waals surface area contributed by atoms with Gasteiger partial charge >= 0.3 is 35.9 Å². The average molecular weight is 1210 g/mol. The molecule has 6 aliphatic heterocycles. The van der Waals surface area contributed by atoms with Gasteiger partial charge in [0.2, 0.25) is 0 Å². The van der Waals surface area contributed by atoms with E-state index < -0.39 is 94.5 Å². The molecule has 10 rings (SSSR count). The highest BCUT2D eigenvalue weighted by atomic mass is 32.1. The van der Waals surface area contributed by atoms with Gasteiger partial charge in [0.15, 0.2) is 45.0 Å². The smallest absolute Gasteiger partial charge is 0.338 e. The molecule has 8 heterocycles. The van der Waals surface area contributed by atoms with Crippen LogP contribution in [0.25, 0.3) is 0 Å². The second kappa shape index (κ2) is 23.7. The Morgan fingerprint density at radius 2 is 0.988 bits per heavy atom. The van der Waals surface area contributed by atoms with Crippen LogP contribution in [-0.4, -0.2) is 199 Å². The number of halogens is 4. The van der Waals surface area contributed by atoms with Crippen LogP contribution in [0, 0.1) is 37.1 Å². The Kier molecular flexibility index (Phi) is 17.1. The van der Waals surface area contributed by atoms with Crippen LogP contribution in [0.3, 0.4) is 0 Å². The third kappa shape index (κ3) is 11.5. The summed E-state index contributed by atoms with van der Waals surface area (Å²) < 4.78 is 67.8. The first-order valence-corrected chi connectivity index (χ1v) is 28.5. The molecule has 0 saturated carbocycles. The van der Waals surface area contributed by atoms with Gasteiger partial charge in [-0.05, 0) is 89.8 Å². The monoisotopic (exact) mass is 1200 g/mol. The number of hydrogen-bond donors (Lipinski definition) is 4. The van der Waals surface area contributed by atoms with Crippen molar-refractivity contribution in [1.29, 1.82) is 0 Å². The summed E-state index contributed by atoms with van der Waals surface area (Å²) in [5, 5.41) is 31.5. The Hall–Kier alpha value is -7.82. The number of amidine groups is 2. The number of ether oxygens (including phenoxy) is 2. The number of aromatic nitrogens is 2. The van der Waals surface area contributed by atoms with Crippen molar-refractivity contribution in [3.05, 3.63) is 125 Å². The lowest BCUT2D eigenvalue weighted by Crippen LogP contribution is -2.62. The van der Waals surface area contributed by atoms with Gasteiger partial charge in [-0.2, -0.15) is 0 Å². The summed E-state index contributed by atoms with van der Waals surface area (Å²) in [5.41, 5.74) is 0.149. The number of carbonyl (C=O) groups excluding carboxylic acids is 4. The minimum absolute atomic E-state index is 0.0198. The zero-order valence-electron chi connectivity index (χ0n) is 47.7. The largest absolute Gasteiger partial charge is 0.480 e. The fraction of sp³-hybridized carbons (Fsp3) is 0.464. The van der Waals surface area contributed by atoms with E-state index in [9.17, 15) is 56.5 Å². The quantitative estimate of drug-likeness (QED) is 0.0960. The van der Waals surface area contributed by atoms with E-state index in [1.807, 2.05) is 41.5 Å². The molecule has 4 N–H and O–H groups in total. The number of nitrogens with zero attached hydrogens (tertiary/aromatic N) is 10. The molecule has 6 atom stereocenters. The molecule has 4 saturated heterocycles. The lowest BCUT2D eigenvalue weighted by molar-refractivity contribution is -0.148. The molecule has 448 valence electrons.